The van der Waals surface area contributed by atoms with Crippen LogP contribution in [0.4, 0.5) is 0 Å². The summed E-state index contributed by atoms with van der Waals surface area (Å²) in [5.41, 5.74) is 2.02. The number of para-hydroxylation sites is 2. The summed E-state index contributed by atoms with van der Waals surface area (Å²) in [6.07, 6.45) is 5.50. The highest BCUT2D eigenvalue weighted by Crippen LogP contribution is 2.21. The first-order valence-corrected chi connectivity index (χ1v) is 9.93. The van der Waals surface area contributed by atoms with E-state index in [0.29, 0.717) is 6.54 Å². The van der Waals surface area contributed by atoms with Crippen LogP contribution in [-0.4, -0.2) is 33.4 Å². The molecule has 0 saturated carbocycles. The number of likely N-dealkylation sites (tertiary alicyclic amines) is 1. The maximum absolute atomic E-state index is 12.9. The van der Waals surface area contributed by atoms with Gasteiger partial charge in [0.2, 0.25) is 5.91 Å². The predicted molar refractivity (Wildman–Crippen MR) is 102 cm³/mol. The summed E-state index contributed by atoms with van der Waals surface area (Å²) in [5.74, 6) is 1.20. The number of amides is 1. The van der Waals surface area contributed by atoms with Gasteiger partial charge in [0, 0.05) is 24.4 Å². The molecule has 4 nitrogen and oxygen atoms in total. The fourth-order valence-electron chi connectivity index (χ4n) is 3.56. The van der Waals surface area contributed by atoms with Crippen LogP contribution in [0.5, 0.6) is 0 Å². The van der Waals surface area contributed by atoms with Crippen molar-refractivity contribution in [1.29, 1.82) is 0 Å². The molecule has 0 spiro atoms. The molecule has 3 aromatic rings. The number of aromatic nitrogens is 2. The monoisotopic (exact) mass is 353 g/mol. The van der Waals surface area contributed by atoms with Gasteiger partial charge in [-0.1, -0.05) is 31.0 Å². The molecule has 0 radical (unpaired) electrons. The van der Waals surface area contributed by atoms with Crippen molar-refractivity contribution in [2.75, 3.05) is 13.1 Å². The van der Waals surface area contributed by atoms with Gasteiger partial charge in [-0.05, 0) is 36.4 Å². The van der Waals surface area contributed by atoms with Crippen LogP contribution >= 0.6 is 11.3 Å². The van der Waals surface area contributed by atoms with Crippen molar-refractivity contribution < 1.29 is 4.79 Å². The quantitative estimate of drug-likeness (QED) is 0.708. The zero-order valence-corrected chi connectivity index (χ0v) is 15.2. The minimum atomic E-state index is 0.220. The molecule has 130 valence electrons. The van der Waals surface area contributed by atoms with Gasteiger partial charge in [0.15, 0.2) is 0 Å². The summed E-state index contributed by atoms with van der Waals surface area (Å²) in [4.78, 5) is 21.0. The fraction of sp³-hybridized carbons (Fsp3) is 0.400. The molecule has 1 aliphatic heterocycles. The van der Waals surface area contributed by atoms with Gasteiger partial charge in [-0.15, -0.1) is 11.3 Å². The van der Waals surface area contributed by atoms with Crippen LogP contribution < -0.4 is 0 Å². The van der Waals surface area contributed by atoms with E-state index in [1.54, 1.807) is 11.3 Å². The van der Waals surface area contributed by atoms with E-state index in [1.807, 2.05) is 23.1 Å². The number of benzene rings is 1. The Bertz CT molecular complexity index is 845. The first-order valence-electron chi connectivity index (χ1n) is 9.05. The van der Waals surface area contributed by atoms with Crippen LogP contribution in [0.1, 0.15) is 36.4 Å². The lowest BCUT2D eigenvalue weighted by molar-refractivity contribution is -0.131. The Balaban J connectivity index is 1.63. The van der Waals surface area contributed by atoms with Crippen molar-refractivity contribution in [3.05, 3.63) is 52.5 Å². The lowest BCUT2D eigenvalue weighted by Crippen LogP contribution is -2.34. The molecule has 1 saturated heterocycles. The summed E-state index contributed by atoms with van der Waals surface area (Å²) >= 11 is 1.74. The maximum Gasteiger partial charge on any atom is 0.242 e. The number of carbonyl (C=O) groups excluding carboxylic acids is 1. The molecule has 3 heterocycles. The van der Waals surface area contributed by atoms with Crippen molar-refractivity contribution in [1.82, 2.24) is 14.5 Å². The summed E-state index contributed by atoms with van der Waals surface area (Å²) in [5, 5.41) is 2.09. The number of thiophene rings is 1. The molecule has 0 unspecified atom stereocenters. The molecule has 1 fully saturated rings. The van der Waals surface area contributed by atoms with Crippen molar-refractivity contribution >= 4 is 28.3 Å². The lowest BCUT2D eigenvalue weighted by Gasteiger charge is -2.21. The van der Waals surface area contributed by atoms with Crippen molar-refractivity contribution in [2.45, 2.75) is 38.6 Å². The van der Waals surface area contributed by atoms with Gasteiger partial charge >= 0.3 is 0 Å². The van der Waals surface area contributed by atoms with Gasteiger partial charge in [0.25, 0.3) is 0 Å². The molecule has 0 bridgehead atoms. The fourth-order valence-corrected chi connectivity index (χ4v) is 4.26. The normalized spacial score (nSPS) is 15.4. The van der Waals surface area contributed by atoms with E-state index in [1.165, 1.54) is 17.7 Å². The van der Waals surface area contributed by atoms with Crippen LogP contribution in [-0.2, 0) is 17.8 Å². The van der Waals surface area contributed by atoms with E-state index >= 15 is 0 Å². The molecule has 25 heavy (non-hydrogen) atoms. The van der Waals surface area contributed by atoms with E-state index in [-0.39, 0.29) is 5.91 Å². The van der Waals surface area contributed by atoms with Crippen LogP contribution in [0.15, 0.2) is 41.8 Å². The van der Waals surface area contributed by atoms with Crippen molar-refractivity contribution in [3.63, 3.8) is 0 Å². The van der Waals surface area contributed by atoms with Gasteiger partial charge in [0.1, 0.15) is 12.4 Å². The highest BCUT2D eigenvalue weighted by atomic mass is 32.1. The molecule has 0 N–H and O–H groups in total. The third-order valence-electron chi connectivity index (χ3n) is 4.90. The van der Waals surface area contributed by atoms with Crippen LogP contribution in [0, 0.1) is 0 Å². The lowest BCUT2D eigenvalue weighted by atomic mass is 10.2. The first-order chi connectivity index (χ1) is 12.3. The molecule has 1 aliphatic rings. The van der Waals surface area contributed by atoms with Crippen LogP contribution in [0.2, 0.25) is 0 Å². The SMILES string of the molecule is O=C(Cn1c(Cc2cccs2)nc2ccccc21)N1CCCCCC1. The molecule has 0 atom stereocenters. The number of carbonyl (C=O) groups is 1. The topological polar surface area (TPSA) is 38.1 Å². The van der Waals surface area contributed by atoms with Crippen LogP contribution in [0.3, 0.4) is 0 Å². The zero-order chi connectivity index (χ0) is 17.1. The van der Waals surface area contributed by atoms with E-state index in [2.05, 4.69) is 28.1 Å². The summed E-state index contributed by atoms with van der Waals surface area (Å²) in [6.45, 7) is 2.18. The van der Waals surface area contributed by atoms with Gasteiger partial charge in [-0.2, -0.15) is 0 Å². The second-order valence-electron chi connectivity index (χ2n) is 6.65. The third kappa shape index (κ3) is 3.61. The van der Waals surface area contributed by atoms with Crippen molar-refractivity contribution in [2.24, 2.45) is 0 Å². The molecule has 1 aromatic carbocycles. The number of fused-ring (bicyclic) bond motifs is 1. The zero-order valence-electron chi connectivity index (χ0n) is 14.4. The highest BCUT2D eigenvalue weighted by Gasteiger charge is 2.19. The smallest absolute Gasteiger partial charge is 0.242 e. The molecule has 0 aliphatic carbocycles. The Labute approximate surface area is 152 Å². The summed E-state index contributed by atoms with van der Waals surface area (Å²) in [6, 6.07) is 12.3. The number of hydrogen-bond donors (Lipinski definition) is 0. The van der Waals surface area contributed by atoms with Crippen molar-refractivity contribution in [3.8, 4) is 0 Å². The van der Waals surface area contributed by atoms with Crippen LogP contribution in [0.25, 0.3) is 11.0 Å². The molecule has 4 rings (SSSR count). The molecule has 2 aromatic heterocycles. The van der Waals surface area contributed by atoms with Gasteiger partial charge in [0.05, 0.1) is 11.0 Å². The Kier molecular flexibility index (Phi) is 4.83. The average Bonchev–Trinajstić information content (AvgIpc) is 3.15. The molecule has 5 heteroatoms. The highest BCUT2D eigenvalue weighted by molar-refractivity contribution is 7.09. The molecular weight excluding hydrogens is 330 g/mol. The van der Waals surface area contributed by atoms with Gasteiger partial charge in [-0.3, -0.25) is 4.79 Å². The maximum atomic E-state index is 12.9. The average molecular weight is 353 g/mol. The number of hydrogen-bond acceptors (Lipinski definition) is 3. The minimum Gasteiger partial charge on any atom is -0.341 e. The minimum absolute atomic E-state index is 0.220. The standard InChI is InChI=1S/C20H23N3OS/c24-20(22-11-5-1-2-6-12-22)15-23-18-10-4-3-9-17(18)21-19(23)14-16-8-7-13-25-16/h3-4,7-10,13H,1-2,5-6,11-12,14-15H2. The number of rotatable bonds is 4. The Hall–Kier alpha value is -2.14. The third-order valence-corrected chi connectivity index (χ3v) is 5.77. The van der Waals surface area contributed by atoms with E-state index in [4.69, 9.17) is 4.98 Å². The molecule has 1 amide bonds. The van der Waals surface area contributed by atoms with E-state index < -0.39 is 0 Å². The second kappa shape index (κ2) is 7.40. The number of nitrogens with zero attached hydrogens (tertiary/aromatic N) is 3. The first kappa shape index (κ1) is 16.3. The van der Waals surface area contributed by atoms with E-state index in [0.717, 1.165) is 49.2 Å². The molecular formula is C20H23N3OS. The second-order valence-corrected chi connectivity index (χ2v) is 7.69. The number of imidazole rings is 1. The Morgan fingerprint density at radius 3 is 2.60 bits per heavy atom. The van der Waals surface area contributed by atoms with E-state index in [9.17, 15) is 4.79 Å². The summed E-state index contributed by atoms with van der Waals surface area (Å²) < 4.78 is 2.11. The largest absolute Gasteiger partial charge is 0.341 e. The van der Waals surface area contributed by atoms with Gasteiger partial charge in [-0.25, -0.2) is 4.98 Å². The summed E-state index contributed by atoms with van der Waals surface area (Å²) in [7, 11) is 0. The Morgan fingerprint density at radius 2 is 1.84 bits per heavy atom. The van der Waals surface area contributed by atoms with Gasteiger partial charge < -0.3 is 9.47 Å². The Morgan fingerprint density at radius 1 is 1.04 bits per heavy atom. The predicted octanol–water partition coefficient (Wildman–Crippen LogP) is 4.09.